The first-order chi connectivity index (χ1) is 9.56. The molecule has 0 aromatic rings. The van der Waals surface area contributed by atoms with Gasteiger partial charge in [-0.05, 0) is 50.9 Å². The van der Waals surface area contributed by atoms with E-state index in [4.69, 9.17) is 10.8 Å². The third kappa shape index (κ3) is 4.20. The number of carboxylic acids is 1. The molecule has 2 aliphatic rings. The van der Waals surface area contributed by atoms with Crippen LogP contribution in [0.25, 0.3) is 0 Å². The Morgan fingerprint density at radius 3 is 2.20 bits per heavy atom. The summed E-state index contributed by atoms with van der Waals surface area (Å²) in [4.78, 5) is 25.0. The number of carbonyl (C=O) groups is 2. The van der Waals surface area contributed by atoms with Crippen LogP contribution in [-0.4, -0.2) is 41.0 Å². The van der Waals surface area contributed by atoms with Gasteiger partial charge in [-0.2, -0.15) is 0 Å². The lowest BCUT2D eigenvalue weighted by Gasteiger charge is -2.35. The van der Waals surface area contributed by atoms with Crippen LogP contribution in [-0.2, 0) is 9.59 Å². The third-order valence-electron chi connectivity index (χ3n) is 4.81. The average molecular weight is 282 g/mol. The zero-order chi connectivity index (χ0) is 14.5. The Hall–Kier alpha value is -1.10. The summed E-state index contributed by atoms with van der Waals surface area (Å²) >= 11 is 0. The van der Waals surface area contributed by atoms with Gasteiger partial charge in [-0.1, -0.05) is 0 Å². The van der Waals surface area contributed by atoms with E-state index in [-0.39, 0.29) is 18.4 Å². The molecule has 20 heavy (non-hydrogen) atoms. The zero-order valence-corrected chi connectivity index (χ0v) is 12.1. The standard InChI is InChI=1S/C15H26N2O3/c16-13-4-2-12(3-5-13)15(20)17-9-7-11(8-10-17)1-6-14(18)19/h11-13H,1-10,16H2,(H,18,19). The number of likely N-dealkylation sites (tertiary alicyclic amines) is 1. The van der Waals surface area contributed by atoms with Crippen molar-refractivity contribution in [3.63, 3.8) is 0 Å². The van der Waals surface area contributed by atoms with E-state index in [0.717, 1.165) is 58.0 Å². The van der Waals surface area contributed by atoms with E-state index in [0.29, 0.717) is 11.8 Å². The van der Waals surface area contributed by atoms with E-state index < -0.39 is 5.97 Å². The maximum atomic E-state index is 12.4. The summed E-state index contributed by atoms with van der Waals surface area (Å²) in [7, 11) is 0. The maximum Gasteiger partial charge on any atom is 0.303 e. The fourth-order valence-electron chi connectivity index (χ4n) is 3.39. The van der Waals surface area contributed by atoms with Crippen molar-refractivity contribution in [2.45, 2.75) is 57.4 Å². The van der Waals surface area contributed by atoms with Gasteiger partial charge in [0.05, 0.1) is 0 Å². The number of amides is 1. The monoisotopic (exact) mass is 282 g/mol. The van der Waals surface area contributed by atoms with Gasteiger partial charge in [0.1, 0.15) is 0 Å². The molecule has 2 rings (SSSR count). The molecule has 1 amide bonds. The maximum absolute atomic E-state index is 12.4. The second-order valence-electron chi connectivity index (χ2n) is 6.31. The van der Waals surface area contributed by atoms with Crippen molar-refractivity contribution in [1.82, 2.24) is 4.90 Å². The Morgan fingerprint density at radius 2 is 1.65 bits per heavy atom. The minimum Gasteiger partial charge on any atom is -0.481 e. The van der Waals surface area contributed by atoms with E-state index in [2.05, 4.69) is 0 Å². The molecule has 114 valence electrons. The van der Waals surface area contributed by atoms with Gasteiger partial charge >= 0.3 is 5.97 Å². The summed E-state index contributed by atoms with van der Waals surface area (Å²) in [6.45, 7) is 1.59. The Bertz CT molecular complexity index is 343. The van der Waals surface area contributed by atoms with Gasteiger partial charge in [0, 0.05) is 31.5 Å². The van der Waals surface area contributed by atoms with Gasteiger partial charge in [-0.25, -0.2) is 0 Å². The Balaban J connectivity index is 1.73. The molecule has 3 N–H and O–H groups in total. The third-order valence-corrected chi connectivity index (χ3v) is 4.81. The SMILES string of the molecule is NC1CCC(C(=O)N2CCC(CCC(=O)O)CC2)CC1. The molecule has 0 unspecified atom stereocenters. The summed E-state index contributed by atoms with van der Waals surface area (Å²) in [6.07, 6.45) is 6.68. The lowest BCUT2D eigenvalue weighted by atomic mass is 9.84. The summed E-state index contributed by atoms with van der Waals surface area (Å²) in [5.74, 6) is 0.218. The highest BCUT2D eigenvalue weighted by atomic mass is 16.4. The number of aliphatic carboxylic acids is 1. The first kappa shape index (κ1) is 15.3. The number of rotatable bonds is 4. The van der Waals surface area contributed by atoms with Crippen LogP contribution in [0.1, 0.15) is 51.4 Å². The second-order valence-corrected chi connectivity index (χ2v) is 6.31. The highest BCUT2D eigenvalue weighted by molar-refractivity contribution is 5.79. The molecule has 0 aromatic carbocycles. The van der Waals surface area contributed by atoms with Crippen LogP contribution < -0.4 is 5.73 Å². The van der Waals surface area contributed by atoms with Crippen LogP contribution in [0.15, 0.2) is 0 Å². The predicted octanol–water partition coefficient (Wildman–Crippen LogP) is 1.61. The molecule has 0 bridgehead atoms. The molecular formula is C15H26N2O3. The normalized spacial score (nSPS) is 28.4. The summed E-state index contributed by atoms with van der Waals surface area (Å²) in [5.41, 5.74) is 5.88. The molecule has 0 radical (unpaired) electrons. The Labute approximate surface area is 120 Å². The van der Waals surface area contributed by atoms with E-state index in [1.807, 2.05) is 4.90 Å². The van der Waals surface area contributed by atoms with Crippen LogP contribution >= 0.6 is 0 Å². The summed E-state index contributed by atoms with van der Waals surface area (Å²) < 4.78 is 0. The highest BCUT2D eigenvalue weighted by Crippen LogP contribution is 2.28. The van der Waals surface area contributed by atoms with Crippen LogP contribution in [0, 0.1) is 11.8 Å². The Kier molecular flexibility index (Phi) is 5.40. The van der Waals surface area contributed by atoms with Gasteiger partial charge < -0.3 is 15.7 Å². The zero-order valence-electron chi connectivity index (χ0n) is 12.1. The highest BCUT2D eigenvalue weighted by Gasteiger charge is 2.30. The van der Waals surface area contributed by atoms with Crippen LogP contribution in [0.3, 0.4) is 0 Å². The largest absolute Gasteiger partial charge is 0.481 e. The molecule has 1 aliphatic carbocycles. The van der Waals surface area contributed by atoms with Gasteiger partial charge in [-0.3, -0.25) is 9.59 Å². The Morgan fingerprint density at radius 1 is 1.05 bits per heavy atom. The van der Waals surface area contributed by atoms with E-state index >= 15 is 0 Å². The molecule has 0 spiro atoms. The van der Waals surface area contributed by atoms with Crippen molar-refractivity contribution < 1.29 is 14.7 Å². The van der Waals surface area contributed by atoms with Gasteiger partial charge in [0.15, 0.2) is 0 Å². The van der Waals surface area contributed by atoms with Crippen LogP contribution in [0.5, 0.6) is 0 Å². The van der Waals surface area contributed by atoms with Gasteiger partial charge in [0.25, 0.3) is 0 Å². The van der Waals surface area contributed by atoms with Crippen molar-refractivity contribution >= 4 is 11.9 Å². The second kappa shape index (κ2) is 7.07. The number of carbonyl (C=O) groups excluding carboxylic acids is 1. The summed E-state index contributed by atoms with van der Waals surface area (Å²) in [6, 6.07) is 0.279. The number of piperidine rings is 1. The molecule has 2 fully saturated rings. The fourth-order valence-corrected chi connectivity index (χ4v) is 3.39. The van der Waals surface area contributed by atoms with Gasteiger partial charge in [0.2, 0.25) is 5.91 Å². The molecule has 0 atom stereocenters. The lowest BCUT2D eigenvalue weighted by molar-refractivity contribution is -0.139. The lowest BCUT2D eigenvalue weighted by Crippen LogP contribution is -2.43. The molecule has 1 heterocycles. The van der Waals surface area contributed by atoms with E-state index in [1.165, 1.54) is 0 Å². The molecule has 1 aliphatic heterocycles. The summed E-state index contributed by atoms with van der Waals surface area (Å²) in [5, 5.41) is 8.70. The van der Waals surface area contributed by atoms with Crippen molar-refractivity contribution in [1.29, 1.82) is 0 Å². The molecule has 5 heteroatoms. The van der Waals surface area contributed by atoms with Crippen molar-refractivity contribution in [3.8, 4) is 0 Å². The number of carboxylic acid groups (broad SMARTS) is 1. The quantitative estimate of drug-likeness (QED) is 0.820. The van der Waals surface area contributed by atoms with Crippen LogP contribution in [0.2, 0.25) is 0 Å². The number of hydrogen-bond acceptors (Lipinski definition) is 3. The number of nitrogens with two attached hydrogens (primary N) is 1. The molecule has 0 aromatic heterocycles. The van der Waals surface area contributed by atoms with E-state index in [1.54, 1.807) is 0 Å². The fraction of sp³-hybridized carbons (Fsp3) is 0.867. The van der Waals surface area contributed by atoms with Crippen molar-refractivity contribution in [2.75, 3.05) is 13.1 Å². The van der Waals surface area contributed by atoms with Crippen molar-refractivity contribution in [3.05, 3.63) is 0 Å². The molecule has 5 nitrogen and oxygen atoms in total. The number of hydrogen-bond donors (Lipinski definition) is 2. The average Bonchev–Trinajstić information content (AvgIpc) is 2.46. The minimum absolute atomic E-state index is 0.172. The molecular weight excluding hydrogens is 256 g/mol. The number of nitrogens with zero attached hydrogens (tertiary/aromatic N) is 1. The smallest absolute Gasteiger partial charge is 0.303 e. The predicted molar refractivity (Wildman–Crippen MR) is 76.1 cm³/mol. The first-order valence-corrected chi connectivity index (χ1v) is 7.82. The topological polar surface area (TPSA) is 83.6 Å². The molecule has 1 saturated heterocycles. The van der Waals surface area contributed by atoms with Crippen LogP contribution in [0.4, 0.5) is 0 Å². The minimum atomic E-state index is -0.720. The van der Waals surface area contributed by atoms with Crippen molar-refractivity contribution in [2.24, 2.45) is 17.6 Å². The molecule has 1 saturated carbocycles. The first-order valence-electron chi connectivity index (χ1n) is 7.82. The van der Waals surface area contributed by atoms with E-state index in [9.17, 15) is 9.59 Å². The van der Waals surface area contributed by atoms with Gasteiger partial charge in [-0.15, -0.1) is 0 Å².